The van der Waals surface area contributed by atoms with Gasteiger partial charge in [-0.1, -0.05) is 13.8 Å². The van der Waals surface area contributed by atoms with Crippen LogP contribution in [-0.4, -0.2) is 62.4 Å². The number of nitrogens with zero attached hydrogens (tertiary/aromatic N) is 2. The third-order valence-electron chi connectivity index (χ3n) is 4.97. The molecule has 5 nitrogen and oxygen atoms in total. The highest BCUT2D eigenvalue weighted by atomic mass is 32.2. The second-order valence-corrected chi connectivity index (χ2v) is 8.37. The lowest BCUT2D eigenvalue weighted by Gasteiger charge is -2.39. The molecule has 0 radical (unpaired) electrons. The van der Waals surface area contributed by atoms with E-state index in [4.69, 9.17) is 0 Å². The number of Topliss-reactive ketones (excluding diaryl/α,β-unsaturated/α-hetero) is 1. The van der Waals surface area contributed by atoms with Crippen molar-refractivity contribution in [3.8, 4) is 0 Å². The van der Waals surface area contributed by atoms with E-state index in [0.29, 0.717) is 19.5 Å². The van der Waals surface area contributed by atoms with Crippen LogP contribution in [-0.2, 0) is 14.8 Å². The van der Waals surface area contributed by atoms with Crippen LogP contribution in [0.1, 0.15) is 46.0 Å². The van der Waals surface area contributed by atoms with Gasteiger partial charge >= 0.3 is 0 Å². The minimum atomic E-state index is -3.15. The Bertz CT molecular complexity index is 456. The zero-order valence-corrected chi connectivity index (χ0v) is 14.9. The first-order valence-electron chi connectivity index (χ1n) is 7.83. The first-order valence-corrected chi connectivity index (χ1v) is 9.68. The Morgan fingerprint density at radius 1 is 1.29 bits per heavy atom. The van der Waals surface area contributed by atoms with Gasteiger partial charge in [0, 0.05) is 19.5 Å². The molecule has 6 heteroatoms. The summed E-state index contributed by atoms with van der Waals surface area (Å²) >= 11 is 0. The summed E-state index contributed by atoms with van der Waals surface area (Å²) in [5.41, 5.74) is -0.409. The third-order valence-corrected chi connectivity index (χ3v) is 6.24. The lowest BCUT2D eigenvalue weighted by molar-refractivity contribution is -0.131. The summed E-state index contributed by atoms with van der Waals surface area (Å²) in [6.07, 6.45) is 5.09. The van der Waals surface area contributed by atoms with Gasteiger partial charge in [-0.05, 0) is 45.7 Å². The zero-order chi connectivity index (χ0) is 16.3. The summed E-state index contributed by atoms with van der Waals surface area (Å²) < 4.78 is 24.9. The smallest absolute Gasteiger partial charge is 0.211 e. The Balaban J connectivity index is 2.78. The van der Waals surface area contributed by atoms with Gasteiger partial charge in [0.15, 0.2) is 5.78 Å². The third kappa shape index (κ3) is 4.27. The van der Waals surface area contributed by atoms with E-state index in [2.05, 4.69) is 0 Å². The number of piperidine rings is 1. The quantitative estimate of drug-likeness (QED) is 0.717. The Labute approximate surface area is 129 Å². The van der Waals surface area contributed by atoms with E-state index in [1.165, 1.54) is 10.6 Å². The topological polar surface area (TPSA) is 57.7 Å². The van der Waals surface area contributed by atoms with Crippen LogP contribution in [0, 0.1) is 5.92 Å². The summed E-state index contributed by atoms with van der Waals surface area (Å²) in [6, 6.07) is 0. The predicted octanol–water partition coefficient (Wildman–Crippen LogP) is 1.74. The maximum Gasteiger partial charge on any atom is 0.211 e. The standard InChI is InChI=1S/C15H30N2O3S/c1-6-15(7-2,16(3)4)14(18)11-13-9-8-10-17(12-13)21(5,19)20/h13H,6-12H2,1-5H3. The summed E-state index contributed by atoms with van der Waals surface area (Å²) in [7, 11) is 0.760. The number of carbonyl (C=O) groups excluding carboxylic acids is 1. The molecule has 0 aromatic carbocycles. The largest absolute Gasteiger partial charge is 0.298 e. The van der Waals surface area contributed by atoms with E-state index >= 15 is 0 Å². The molecule has 0 N–H and O–H groups in total. The highest BCUT2D eigenvalue weighted by Crippen LogP contribution is 2.29. The lowest BCUT2D eigenvalue weighted by atomic mass is 9.81. The molecule has 0 aromatic rings. The van der Waals surface area contributed by atoms with Gasteiger partial charge in [-0.25, -0.2) is 12.7 Å². The van der Waals surface area contributed by atoms with E-state index in [1.807, 2.05) is 32.8 Å². The molecule has 21 heavy (non-hydrogen) atoms. The van der Waals surface area contributed by atoms with Gasteiger partial charge < -0.3 is 0 Å². The Kier molecular flexibility index (Phi) is 6.37. The molecule has 124 valence electrons. The second kappa shape index (κ2) is 7.20. The van der Waals surface area contributed by atoms with Crippen molar-refractivity contribution >= 4 is 15.8 Å². The zero-order valence-electron chi connectivity index (χ0n) is 14.1. The van der Waals surface area contributed by atoms with Gasteiger partial charge in [-0.2, -0.15) is 0 Å². The van der Waals surface area contributed by atoms with Gasteiger partial charge in [0.05, 0.1) is 11.8 Å². The maximum atomic E-state index is 12.8. The number of likely N-dealkylation sites (N-methyl/N-ethyl adjacent to an activating group) is 1. The molecule has 1 fully saturated rings. The van der Waals surface area contributed by atoms with Crippen LogP contribution in [0.2, 0.25) is 0 Å². The van der Waals surface area contributed by atoms with Crippen LogP contribution in [0.4, 0.5) is 0 Å². The molecule has 0 amide bonds. The van der Waals surface area contributed by atoms with Gasteiger partial charge in [0.2, 0.25) is 10.0 Å². The van der Waals surface area contributed by atoms with Crippen LogP contribution >= 0.6 is 0 Å². The molecule has 0 saturated carbocycles. The van der Waals surface area contributed by atoms with Gasteiger partial charge in [0.25, 0.3) is 0 Å². The van der Waals surface area contributed by atoms with E-state index in [1.54, 1.807) is 0 Å². The number of carbonyl (C=O) groups is 1. The summed E-state index contributed by atoms with van der Waals surface area (Å²) in [5.74, 6) is 0.399. The van der Waals surface area contributed by atoms with Crippen LogP contribution in [0.3, 0.4) is 0 Å². The fourth-order valence-electron chi connectivity index (χ4n) is 3.47. The monoisotopic (exact) mass is 318 g/mol. The van der Waals surface area contributed by atoms with E-state index in [0.717, 1.165) is 25.7 Å². The number of sulfonamides is 1. The summed E-state index contributed by atoms with van der Waals surface area (Å²) in [4.78, 5) is 14.8. The van der Waals surface area contributed by atoms with Crippen LogP contribution in [0.25, 0.3) is 0 Å². The van der Waals surface area contributed by atoms with Crippen molar-refractivity contribution < 1.29 is 13.2 Å². The van der Waals surface area contributed by atoms with Gasteiger partial charge in [-0.15, -0.1) is 0 Å². The number of hydrogen-bond donors (Lipinski definition) is 0. The Morgan fingerprint density at radius 2 is 1.86 bits per heavy atom. The summed E-state index contributed by atoms with van der Waals surface area (Å²) in [5, 5.41) is 0. The molecule has 0 bridgehead atoms. The molecular weight excluding hydrogens is 288 g/mol. The molecule has 1 saturated heterocycles. The van der Waals surface area contributed by atoms with Crippen molar-refractivity contribution in [2.45, 2.75) is 51.5 Å². The Hall–Kier alpha value is -0.460. The van der Waals surface area contributed by atoms with E-state index in [9.17, 15) is 13.2 Å². The number of ketones is 1. The van der Waals surface area contributed by atoms with E-state index < -0.39 is 15.6 Å². The average Bonchev–Trinajstić information content (AvgIpc) is 2.39. The minimum Gasteiger partial charge on any atom is -0.298 e. The SMILES string of the molecule is CCC(CC)(C(=O)CC1CCCN(S(C)(=O)=O)C1)N(C)C. The molecule has 1 rings (SSSR count). The molecule has 1 heterocycles. The first-order chi connectivity index (χ1) is 9.67. The lowest BCUT2D eigenvalue weighted by Crippen LogP contribution is -2.51. The molecular formula is C15H30N2O3S. The van der Waals surface area contributed by atoms with Crippen molar-refractivity contribution in [1.82, 2.24) is 9.21 Å². The van der Waals surface area contributed by atoms with Gasteiger partial charge in [0.1, 0.15) is 0 Å². The van der Waals surface area contributed by atoms with Crippen molar-refractivity contribution in [2.24, 2.45) is 5.92 Å². The normalized spacial score (nSPS) is 21.7. The summed E-state index contributed by atoms with van der Waals surface area (Å²) in [6.45, 7) is 5.17. The molecule has 1 unspecified atom stereocenters. The van der Waals surface area contributed by atoms with Crippen LogP contribution < -0.4 is 0 Å². The molecule has 1 aliphatic rings. The Morgan fingerprint density at radius 3 is 2.29 bits per heavy atom. The number of hydrogen-bond acceptors (Lipinski definition) is 4. The highest BCUT2D eigenvalue weighted by Gasteiger charge is 2.38. The molecule has 1 atom stereocenters. The average molecular weight is 318 g/mol. The highest BCUT2D eigenvalue weighted by molar-refractivity contribution is 7.88. The van der Waals surface area contributed by atoms with E-state index in [-0.39, 0.29) is 11.7 Å². The minimum absolute atomic E-state index is 0.151. The van der Waals surface area contributed by atoms with Crippen molar-refractivity contribution in [2.75, 3.05) is 33.4 Å². The van der Waals surface area contributed by atoms with Crippen molar-refractivity contribution in [1.29, 1.82) is 0 Å². The number of rotatable bonds is 7. The predicted molar refractivity (Wildman–Crippen MR) is 85.8 cm³/mol. The van der Waals surface area contributed by atoms with Crippen LogP contribution in [0.5, 0.6) is 0 Å². The first kappa shape index (κ1) is 18.6. The van der Waals surface area contributed by atoms with Crippen molar-refractivity contribution in [3.63, 3.8) is 0 Å². The van der Waals surface area contributed by atoms with Crippen LogP contribution in [0.15, 0.2) is 0 Å². The fraction of sp³-hybridized carbons (Fsp3) is 0.933. The molecule has 0 spiro atoms. The fourth-order valence-corrected chi connectivity index (χ4v) is 4.42. The van der Waals surface area contributed by atoms with Crippen molar-refractivity contribution in [3.05, 3.63) is 0 Å². The maximum absolute atomic E-state index is 12.8. The molecule has 0 aliphatic carbocycles. The van der Waals surface area contributed by atoms with Gasteiger partial charge in [-0.3, -0.25) is 9.69 Å². The second-order valence-electron chi connectivity index (χ2n) is 6.39. The molecule has 1 aliphatic heterocycles. The molecule has 0 aromatic heterocycles.